The average Bonchev–Trinajstić information content (AvgIpc) is 2.12. The largest absolute Gasteiger partial charge is 0.416 e. The Bertz CT molecular complexity index is 465. The second-order valence-electron chi connectivity index (χ2n) is 3.19. The van der Waals surface area contributed by atoms with Crippen LogP contribution in [0.4, 0.5) is 13.2 Å². The highest BCUT2D eigenvalue weighted by Gasteiger charge is 2.32. The van der Waals surface area contributed by atoms with Crippen LogP contribution in [0.1, 0.15) is 11.1 Å². The molecule has 1 N–H and O–H groups in total. The minimum absolute atomic E-state index is 0.146. The van der Waals surface area contributed by atoms with Gasteiger partial charge in [0, 0.05) is 0 Å². The van der Waals surface area contributed by atoms with Crippen LogP contribution in [-0.2, 0) is 22.7 Å². The van der Waals surface area contributed by atoms with Crippen molar-refractivity contribution >= 4 is 10.1 Å². The molecule has 0 aliphatic carbocycles. The zero-order valence-corrected chi connectivity index (χ0v) is 8.85. The summed E-state index contributed by atoms with van der Waals surface area (Å²) in [5.74, 6) is -0.722. The number of hydrogen-bond acceptors (Lipinski definition) is 2. The molecule has 1 aromatic rings. The fourth-order valence-electron chi connectivity index (χ4n) is 1.25. The van der Waals surface area contributed by atoms with Crippen molar-refractivity contribution in [2.45, 2.75) is 12.6 Å². The van der Waals surface area contributed by atoms with E-state index in [1.807, 2.05) is 0 Å². The molecule has 0 heterocycles. The van der Waals surface area contributed by atoms with Crippen molar-refractivity contribution in [1.82, 2.24) is 0 Å². The number of halogens is 3. The highest BCUT2D eigenvalue weighted by atomic mass is 32.2. The van der Waals surface area contributed by atoms with E-state index in [0.717, 1.165) is 6.07 Å². The summed E-state index contributed by atoms with van der Waals surface area (Å²) in [5.41, 5.74) is -1.02. The van der Waals surface area contributed by atoms with Gasteiger partial charge in [0.25, 0.3) is 10.1 Å². The molecule has 0 aliphatic heterocycles. The number of hydrogen-bond donors (Lipinski definition) is 1. The lowest BCUT2D eigenvalue weighted by atomic mass is 10.1. The predicted octanol–water partition coefficient (Wildman–Crippen LogP) is 2.14. The zero-order valence-electron chi connectivity index (χ0n) is 8.03. The Morgan fingerprint density at radius 1 is 1.19 bits per heavy atom. The lowest BCUT2D eigenvalue weighted by molar-refractivity contribution is -0.138. The van der Waals surface area contributed by atoms with Crippen LogP contribution in [0.25, 0.3) is 0 Å². The quantitative estimate of drug-likeness (QED) is 0.841. The second-order valence-corrected chi connectivity index (χ2v) is 4.76. The van der Waals surface area contributed by atoms with Crippen LogP contribution in [0.2, 0.25) is 0 Å². The smallest absolute Gasteiger partial charge is 0.286 e. The molecule has 0 fully saturated rings. The summed E-state index contributed by atoms with van der Waals surface area (Å²) >= 11 is 0. The Morgan fingerprint density at radius 2 is 1.75 bits per heavy atom. The lowest BCUT2D eigenvalue weighted by Gasteiger charge is -2.11. The summed E-state index contributed by atoms with van der Waals surface area (Å²) < 4.78 is 66.7. The summed E-state index contributed by atoms with van der Waals surface area (Å²) in [4.78, 5) is 0. The first kappa shape index (κ1) is 13.0. The van der Waals surface area contributed by atoms with Gasteiger partial charge in [0.15, 0.2) is 0 Å². The van der Waals surface area contributed by atoms with Gasteiger partial charge < -0.3 is 0 Å². The average molecular weight is 254 g/mol. The molecule has 0 saturated heterocycles. The fraction of sp³-hybridized carbons (Fsp3) is 0.333. The monoisotopic (exact) mass is 254 g/mol. The molecule has 90 valence electrons. The second kappa shape index (κ2) is 4.42. The summed E-state index contributed by atoms with van der Waals surface area (Å²) in [7, 11) is -4.25. The van der Waals surface area contributed by atoms with Gasteiger partial charge in [0.2, 0.25) is 0 Å². The molecule has 16 heavy (non-hydrogen) atoms. The number of aryl methyl sites for hydroxylation is 1. The molecule has 0 saturated carbocycles. The molecular weight excluding hydrogens is 245 g/mol. The Balaban J connectivity index is 2.97. The molecule has 0 atom stereocenters. The standard InChI is InChI=1S/C9H9F3O3S/c10-9(11,12)8-4-2-1-3-7(8)5-6-16(13,14)15/h1-4H,5-6H2,(H,13,14,15). The van der Waals surface area contributed by atoms with Crippen LogP contribution in [0.15, 0.2) is 24.3 Å². The summed E-state index contributed by atoms with van der Waals surface area (Å²) in [6, 6.07) is 4.67. The van der Waals surface area contributed by atoms with Gasteiger partial charge in [-0.15, -0.1) is 0 Å². The van der Waals surface area contributed by atoms with Crippen molar-refractivity contribution in [2.24, 2.45) is 0 Å². The maximum Gasteiger partial charge on any atom is 0.416 e. The summed E-state index contributed by atoms with van der Waals surface area (Å²) in [6.45, 7) is 0. The van der Waals surface area contributed by atoms with E-state index in [-0.39, 0.29) is 12.0 Å². The van der Waals surface area contributed by atoms with E-state index in [9.17, 15) is 21.6 Å². The third-order valence-electron chi connectivity index (χ3n) is 1.95. The summed E-state index contributed by atoms with van der Waals surface area (Å²) in [6.07, 6.45) is -4.88. The van der Waals surface area contributed by atoms with Gasteiger partial charge in [-0.25, -0.2) is 0 Å². The summed E-state index contributed by atoms with van der Waals surface area (Å²) in [5, 5.41) is 0. The minimum atomic E-state index is -4.52. The number of alkyl halides is 3. The molecule has 0 aliphatic rings. The Hall–Kier alpha value is -1.08. The maximum atomic E-state index is 12.5. The van der Waals surface area contributed by atoms with Crippen molar-refractivity contribution in [3.63, 3.8) is 0 Å². The zero-order chi connectivity index (χ0) is 12.4. The fourth-order valence-corrected chi connectivity index (χ4v) is 1.73. The van der Waals surface area contributed by atoms with E-state index in [4.69, 9.17) is 4.55 Å². The molecule has 3 nitrogen and oxygen atoms in total. The first-order valence-corrected chi connectivity index (χ1v) is 5.91. The minimum Gasteiger partial charge on any atom is -0.286 e. The van der Waals surface area contributed by atoms with Gasteiger partial charge in [0.05, 0.1) is 11.3 Å². The molecular formula is C9H9F3O3S. The van der Waals surface area contributed by atoms with E-state index < -0.39 is 27.6 Å². The van der Waals surface area contributed by atoms with E-state index in [2.05, 4.69) is 0 Å². The van der Waals surface area contributed by atoms with Crippen molar-refractivity contribution < 1.29 is 26.1 Å². The Labute approximate surface area is 90.7 Å². The molecule has 0 amide bonds. The van der Waals surface area contributed by atoms with Crippen molar-refractivity contribution in [2.75, 3.05) is 5.75 Å². The molecule has 1 aromatic carbocycles. The highest BCUT2D eigenvalue weighted by molar-refractivity contribution is 7.85. The van der Waals surface area contributed by atoms with Crippen LogP contribution in [0.5, 0.6) is 0 Å². The third kappa shape index (κ3) is 3.82. The molecule has 7 heteroatoms. The number of benzene rings is 1. The van der Waals surface area contributed by atoms with Crippen LogP contribution in [-0.4, -0.2) is 18.7 Å². The normalized spacial score (nSPS) is 12.8. The topological polar surface area (TPSA) is 54.4 Å². The Kier molecular flexibility index (Phi) is 3.59. The van der Waals surface area contributed by atoms with E-state index in [0.29, 0.717) is 0 Å². The van der Waals surface area contributed by atoms with E-state index >= 15 is 0 Å². The van der Waals surface area contributed by atoms with Gasteiger partial charge in [0.1, 0.15) is 0 Å². The molecule has 0 spiro atoms. The molecule has 0 bridgehead atoms. The van der Waals surface area contributed by atoms with Crippen LogP contribution in [0, 0.1) is 0 Å². The molecule has 0 aromatic heterocycles. The van der Waals surface area contributed by atoms with E-state index in [1.165, 1.54) is 18.2 Å². The van der Waals surface area contributed by atoms with Gasteiger partial charge in [-0.1, -0.05) is 18.2 Å². The number of rotatable bonds is 3. The lowest BCUT2D eigenvalue weighted by Crippen LogP contribution is -2.13. The first-order valence-electron chi connectivity index (χ1n) is 4.30. The predicted molar refractivity (Wildman–Crippen MR) is 51.6 cm³/mol. The highest BCUT2D eigenvalue weighted by Crippen LogP contribution is 2.32. The van der Waals surface area contributed by atoms with Crippen molar-refractivity contribution in [3.05, 3.63) is 35.4 Å². The Morgan fingerprint density at radius 3 is 2.25 bits per heavy atom. The van der Waals surface area contributed by atoms with Crippen molar-refractivity contribution in [1.29, 1.82) is 0 Å². The third-order valence-corrected chi connectivity index (χ3v) is 2.67. The van der Waals surface area contributed by atoms with E-state index in [1.54, 1.807) is 0 Å². The van der Waals surface area contributed by atoms with Crippen LogP contribution < -0.4 is 0 Å². The van der Waals surface area contributed by atoms with Crippen LogP contribution in [0.3, 0.4) is 0 Å². The maximum absolute atomic E-state index is 12.5. The first-order chi connectivity index (χ1) is 7.20. The molecule has 0 unspecified atom stereocenters. The molecule has 1 rings (SSSR count). The van der Waals surface area contributed by atoms with Gasteiger partial charge in [-0.3, -0.25) is 4.55 Å². The van der Waals surface area contributed by atoms with Gasteiger partial charge in [-0.2, -0.15) is 21.6 Å². The SMILES string of the molecule is O=S(=O)(O)CCc1ccccc1C(F)(F)F. The van der Waals surface area contributed by atoms with Crippen LogP contribution >= 0.6 is 0 Å². The van der Waals surface area contributed by atoms with Gasteiger partial charge in [-0.05, 0) is 18.1 Å². The van der Waals surface area contributed by atoms with Crippen molar-refractivity contribution in [3.8, 4) is 0 Å². The van der Waals surface area contributed by atoms with Gasteiger partial charge >= 0.3 is 6.18 Å². The molecule has 0 radical (unpaired) electrons.